The Morgan fingerprint density at radius 2 is 1.92 bits per heavy atom. The molecule has 1 aliphatic carbocycles. The van der Waals surface area contributed by atoms with Crippen LogP contribution in [0.1, 0.15) is 25.7 Å². The first-order valence-corrected chi connectivity index (χ1v) is 10.9. The first-order chi connectivity index (χ1) is 11.5. The molecule has 1 saturated carbocycles. The number of hydrogen-bond acceptors (Lipinski definition) is 5. The second-order valence-corrected chi connectivity index (χ2v) is 10.2. The van der Waals surface area contributed by atoms with Gasteiger partial charge < -0.3 is 4.90 Å². The van der Waals surface area contributed by atoms with Crippen molar-refractivity contribution in [1.29, 1.82) is 0 Å². The van der Waals surface area contributed by atoms with Gasteiger partial charge in [-0.25, -0.2) is 17.7 Å². The van der Waals surface area contributed by atoms with Crippen LogP contribution in [-0.2, 0) is 10.0 Å². The Labute approximate surface area is 147 Å². The summed E-state index contributed by atoms with van der Waals surface area (Å²) in [4.78, 5) is 7.08. The van der Waals surface area contributed by atoms with Gasteiger partial charge in [0.15, 0.2) is 5.13 Å². The molecule has 1 aromatic heterocycles. The Balaban J connectivity index is 1.36. The highest BCUT2D eigenvalue weighted by molar-refractivity contribution is 7.90. The highest BCUT2D eigenvalue weighted by Gasteiger charge is 2.39. The maximum atomic E-state index is 12.3. The van der Waals surface area contributed by atoms with Crippen molar-refractivity contribution in [3.8, 4) is 0 Å². The Morgan fingerprint density at radius 1 is 1.21 bits per heavy atom. The lowest BCUT2D eigenvalue weighted by molar-refractivity contribution is 0.327. The van der Waals surface area contributed by atoms with Crippen molar-refractivity contribution in [2.24, 2.45) is 5.92 Å². The molecule has 130 valence electrons. The van der Waals surface area contributed by atoms with E-state index in [1.54, 1.807) is 22.7 Å². The van der Waals surface area contributed by atoms with Gasteiger partial charge >= 0.3 is 0 Å². The zero-order chi connectivity index (χ0) is 16.7. The van der Waals surface area contributed by atoms with E-state index in [1.165, 1.54) is 4.70 Å². The Morgan fingerprint density at radius 3 is 2.58 bits per heavy atom. The minimum Gasteiger partial charge on any atom is -0.348 e. The van der Waals surface area contributed by atoms with E-state index in [0.29, 0.717) is 12.5 Å². The summed E-state index contributed by atoms with van der Waals surface area (Å²) in [5.74, 6) is 0.453. The summed E-state index contributed by atoms with van der Waals surface area (Å²) >= 11 is 1.74. The Kier molecular flexibility index (Phi) is 4.26. The molecule has 0 radical (unpaired) electrons. The summed E-state index contributed by atoms with van der Waals surface area (Å²) in [6.07, 6.45) is 3.73. The molecule has 0 unspecified atom stereocenters. The zero-order valence-electron chi connectivity index (χ0n) is 13.9. The number of thiazole rings is 1. The standard InChI is InChI=1S/C17H23N3O2S2/c1-19(24(21,22)14-6-7-14)12-13-8-10-20(11-9-13)17-18-15-4-2-3-5-16(15)23-17/h2-5,13-14H,6-12H2,1H3. The molecular weight excluding hydrogens is 342 g/mol. The van der Waals surface area contributed by atoms with Gasteiger partial charge in [-0.15, -0.1) is 0 Å². The lowest BCUT2D eigenvalue weighted by atomic mass is 9.97. The van der Waals surface area contributed by atoms with E-state index < -0.39 is 10.0 Å². The average molecular weight is 366 g/mol. The summed E-state index contributed by atoms with van der Waals surface area (Å²) in [6.45, 7) is 2.58. The smallest absolute Gasteiger partial charge is 0.216 e. The van der Waals surface area contributed by atoms with Gasteiger partial charge in [-0.05, 0) is 43.7 Å². The SMILES string of the molecule is CN(CC1CCN(c2nc3ccccc3s2)CC1)S(=O)(=O)C1CC1. The molecule has 1 aromatic carbocycles. The molecule has 24 heavy (non-hydrogen) atoms. The van der Waals surface area contributed by atoms with Crippen LogP contribution in [0, 0.1) is 5.92 Å². The number of fused-ring (bicyclic) bond motifs is 1. The number of hydrogen-bond donors (Lipinski definition) is 0. The number of sulfonamides is 1. The molecule has 5 nitrogen and oxygen atoms in total. The fourth-order valence-electron chi connectivity index (χ4n) is 3.39. The van der Waals surface area contributed by atoms with Crippen LogP contribution in [0.3, 0.4) is 0 Å². The molecule has 1 saturated heterocycles. The number of rotatable bonds is 5. The number of anilines is 1. The van der Waals surface area contributed by atoms with Gasteiger partial charge in [0.2, 0.25) is 10.0 Å². The quantitative estimate of drug-likeness (QED) is 0.817. The van der Waals surface area contributed by atoms with E-state index in [1.807, 2.05) is 12.1 Å². The molecule has 2 aromatic rings. The van der Waals surface area contributed by atoms with Gasteiger partial charge in [-0.1, -0.05) is 23.5 Å². The molecule has 0 bridgehead atoms. The summed E-state index contributed by atoms with van der Waals surface area (Å²) in [7, 11) is -1.30. The zero-order valence-corrected chi connectivity index (χ0v) is 15.5. The molecule has 2 heterocycles. The number of aromatic nitrogens is 1. The second-order valence-electron chi connectivity index (χ2n) is 6.92. The van der Waals surface area contributed by atoms with Crippen LogP contribution in [0.15, 0.2) is 24.3 Å². The first kappa shape index (κ1) is 16.3. The van der Waals surface area contributed by atoms with Crippen molar-refractivity contribution in [2.45, 2.75) is 30.9 Å². The summed E-state index contributed by atoms with van der Waals surface area (Å²) < 4.78 is 27.3. The van der Waals surface area contributed by atoms with Crippen molar-refractivity contribution in [3.63, 3.8) is 0 Å². The minimum atomic E-state index is -3.04. The predicted octanol–water partition coefficient (Wildman–Crippen LogP) is 2.94. The highest BCUT2D eigenvalue weighted by atomic mass is 32.2. The van der Waals surface area contributed by atoms with Crippen LogP contribution in [-0.4, -0.2) is 49.6 Å². The monoisotopic (exact) mass is 365 g/mol. The van der Waals surface area contributed by atoms with E-state index in [9.17, 15) is 8.42 Å². The van der Waals surface area contributed by atoms with Crippen molar-refractivity contribution >= 4 is 36.7 Å². The third-order valence-corrected chi connectivity index (χ3v) is 8.49. The normalized spacial score (nSPS) is 20.2. The number of para-hydroxylation sites is 1. The fraction of sp³-hybridized carbons (Fsp3) is 0.588. The highest BCUT2D eigenvalue weighted by Crippen LogP contribution is 2.33. The topological polar surface area (TPSA) is 53.5 Å². The molecule has 0 spiro atoms. The summed E-state index contributed by atoms with van der Waals surface area (Å²) in [6, 6.07) is 8.24. The van der Waals surface area contributed by atoms with Crippen LogP contribution in [0.2, 0.25) is 0 Å². The third kappa shape index (κ3) is 3.17. The summed E-state index contributed by atoms with van der Waals surface area (Å²) in [5, 5.41) is 0.985. The molecular formula is C17H23N3O2S2. The van der Waals surface area contributed by atoms with Crippen LogP contribution in [0.4, 0.5) is 5.13 Å². The van der Waals surface area contributed by atoms with Crippen LogP contribution in [0.5, 0.6) is 0 Å². The largest absolute Gasteiger partial charge is 0.348 e. The maximum Gasteiger partial charge on any atom is 0.216 e. The van der Waals surface area contributed by atoms with E-state index in [2.05, 4.69) is 17.0 Å². The van der Waals surface area contributed by atoms with E-state index in [-0.39, 0.29) is 5.25 Å². The number of piperidine rings is 1. The fourth-order valence-corrected chi connectivity index (χ4v) is 6.07. The van der Waals surface area contributed by atoms with Crippen LogP contribution in [0.25, 0.3) is 10.2 Å². The van der Waals surface area contributed by atoms with Crippen LogP contribution < -0.4 is 4.90 Å². The van der Waals surface area contributed by atoms with Crippen molar-refractivity contribution in [3.05, 3.63) is 24.3 Å². The number of nitrogens with zero attached hydrogens (tertiary/aromatic N) is 3. The van der Waals surface area contributed by atoms with Crippen LogP contribution >= 0.6 is 11.3 Å². The Hall–Kier alpha value is -1.18. The average Bonchev–Trinajstić information content (AvgIpc) is 3.35. The molecule has 1 aliphatic heterocycles. The minimum absolute atomic E-state index is 0.106. The molecule has 2 aliphatic rings. The third-order valence-electron chi connectivity index (χ3n) is 5.06. The second kappa shape index (κ2) is 6.28. The van der Waals surface area contributed by atoms with Crippen molar-refractivity contribution in [2.75, 3.05) is 31.6 Å². The van der Waals surface area contributed by atoms with Gasteiger partial charge in [0.1, 0.15) is 0 Å². The van der Waals surface area contributed by atoms with E-state index in [0.717, 1.165) is 49.4 Å². The predicted molar refractivity (Wildman–Crippen MR) is 99.1 cm³/mol. The number of benzene rings is 1. The molecule has 0 amide bonds. The van der Waals surface area contributed by atoms with Crippen molar-refractivity contribution in [1.82, 2.24) is 9.29 Å². The van der Waals surface area contributed by atoms with Gasteiger partial charge in [0, 0.05) is 26.7 Å². The Bertz CT molecular complexity index is 788. The molecule has 0 N–H and O–H groups in total. The molecule has 4 rings (SSSR count). The molecule has 2 fully saturated rings. The van der Waals surface area contributed by atoms with E-state index in [4.69, 9.17) is 4.98 Å². The van der Waals surface area contributed by atoms with Gasteiger partial charge in [-0.3, -0.25) is 0 Å². The molecule has 0 atom stereocenters. The van der Waals surface area contributed by atoms with Gasteiger partial charge in [0.25, 0.3) is 0 Å². The lowest BCUT2D eigenvalue weighted by Gasteiger charge is -2.33. The van der Waals surface area contributed by atoms with E-state index >= 15 is 0 Å². The molecule has 7 heteroatoms. The first-order valence-electron chi connectivity index (χ1n) is 8.60. The van der Waals surface area contributed by atoms with Gasteiger partial charge in [-0.2, -0.15) is 0 Å². The van der Waals surface area contributed by atoms with Crippen molar-refractivity contribution < 1.29 is 8.42 Å². The lowest BCUT2D eigenvalue weighted by Crippen LogP contribution is -2.40. The maximum absolute atomic E-state index is 12.3. The summed E-state index contributed by atoms with van der Waals surface area (Å²) in [5.41, 5.74) is 1.06. The van der Waals surface area contributed by atoms with Gasteiger partial charge in [0.05, 0.1) is 15.5 Å².